The van der Waals surface area contributed by atoms with Gasteiger partial charge in [-0.15, -0.1) is 34.8 Å². The largest absolute Gasteiger partial charge is 0.496 e. The van der Waals surface area contributed by atoms with E-state index in [4.69, 9.17) is 67.5 Å². The van der Waals surface area contributed by atoms with Gasteiger partial charge in [0, 0.05) is 40.4 Å². The first kappa shape index (κ1) is 53.5. The SMILES string of the molecule is COc1ccc(NC(=O)c2cccc(N=NC(C(C)=O)C(=O)Nc3ccc(NC(=O)C(N=Nc4cccc(C(=O)Nc5ccc(OC)c(CCCl)c5)c4Cl)C(C)=O)c(CCCl)c3)c2Cl)cc1CCCl. The lowest BCUT2D eigenvalue weighted by atomic mass is 10.1. The molecule has 0 fully saturated rings. The van der Waals surface area contributed by atoms with E-state index in [0.717, 1.165) is 25.0 Å². The second-order valence-corrected chi connectivity index (χ2v) is 16.8. The Kier molecular flexibility index (Phi) is 20.0. The van der Waals surface area contributed by atoms with Crippen molar-refractivity contribution in [1.29, 1.82) is 0 Å². The summed E-state index contributed by atoms with van der Waals surface area (Å²) in [4.78, 5) is 79.0. The maximum absolute atomic E-state index is 13.5. The number of ketones is 2. The number of hydrogen-bond acceptors (Lipinski definition) is 12. The van der Waals surface area contributed by atoms with Crippen molar-refractivity contribution in [3.8, 4) is 11.5 Å². The Balaban J connectivity index is 1.27. The molecule has 4 N–H and O–H groups in total. The van der Waals surface area contributed by atoms with Crippen molar-refractivity contribution < 1.29 is 38.2 Å². The number of methoxy groups -OCH3 is 2. The van der Waals surface area contributed by atoms with Gasteiger partial charge < -0.3 is 30.7 Å². The standard InChI is InChI=1S/C48H45Cl5N8O8/c1-26(62)43(60-58-37-9-5-7-34(41(37)52)45(64)54-32-12-15-39(68-3)29(24-32)18-21-50)47(66)56-31-11-14-36(28(23-31)17-20-49)57-48(67)44(27(2)63)61-59-38-10-6-8-35(42(38)53)46(65)55-33-13-16-40(69-4)30(25-33)19-22-51/h5-16,23-25,43-44H,17-22H2,1-4H3,(H,54,64)(H,55,65)(H,56,66)(H,57,67). The number of nitrogens with zero attached hydrogens (tertiary/aromatic N) is 4. The Bertz CT molecular complexity index is 2810. The summed E-state index contributed by atoms with van der Waals surface area (Å²) in [6.07, 6.45) is 1.22. The van der Waals surface area contributed by atoms with E-state index in [1.54, 1.807) is 36.4 Å². The topological polar surface area (TPSA) is 218 Å². The summed E-state index contributed by atoms with van der Waals surface area (Å²) in [6, 6.07) is 20.3. The highest BCUT2D eigenvalue weighted by Crippen LogP contribution is 2.33. The third-order valence-electron chi connectivity index (χ3n) is 10.1. The number of alkyl halides is 3. The molecule has 0 saturated heterocycles. The number of rotatable bonds is 22. The molecular weight excluding hydrogens is 994 g/mol. The van der Waals surface area contributed by atoms with Gasteiger partial charge in [0.2, 0.25) is 12.1 Å². The van der Waals surface area contributed by atoms with Gasteiger partial charge in [0.15, 0.2) is 11.6 Å². The lowest BCUT2D eigenvalue weighted by molar-refractivity contribution is -0.127. The molecule has 21 heteroatoms. The number of anilines is 4. The number of nitrogens with one attached hydrogen (secondary N) is 4. The summed E-state index contributed by atoms with van der Waals surface area (Å²) < 4.78 is 10.7. The van der Waals surface area contributed by atoms with Crippen LogP contribution in [0.5, 0.6) is 11.5 Å². The van der Waals surface area contributed by atoms with Gasteiger partial charge in [0.05, 0.1) is 35.4 Å². The zero-order chi connectivity index (χ0) is 50.2. The minimum Gasteiger partial charge on any atom is -0.496 e. The minimum absolute atomic E-state index is 0.0226. The molecule has 0 aliphatic carbocycles. The molecule has 5 aromatic rings. The van der Waals surface area contributed by atoms with E-state index in [9.17, 15) is 28.8 Å². The van der Waals surface area contributed by atoms with Crippen LogP contribution in [0, 0.1) is 0 Å². The summed E-state index contributed by atoms with van der Waals surface area (Å²) in [6.45, 7) is 2.32. The van der Waals surface area contributed by atoms with E-state index in [0.29, 0.717) is 53.0 Å². The van der Waals surface area contributed by atoms with Crippen LogP contribution in [0.2, 0.25) is 10.0 Å². The molecule has 0 spiro atoms. The summed E-state index contributed by atoms with van der Waals surface area (Å²) >= 11 is 31.1. The van der Waals surface area contributed by atoms with Crippen LogP contribution >= 0.6 is 58.0 Å². The van der Waals surface area contributed by atoms with Crippen molar-refractivity contribution in [3.63, 3.8) is 0 Å². The summed E-state index contributed by atoms with van der Waals surface area (Å²) in [5.41, 5.74) is 3.61. The van der Waals surface area contributed by atoms with Gasteiger partial charge in [0.25, 0.3) is 23.6 Å². The molecular formula is C48H45Cl5N8O8. The quantitative estimate of drug-likeness (QED) is 0.0296. The average molecular weight is 1040 g/mol. The van der Waals surface area contributed by atoms with Crippen LogP contribution in [0.3, 0.4) is 0 Å². The van der Waals surface area contributed by atoms with E-state index in [-0.39, 0.29) is 56.2 Å². The zero-order valence-electron chi connectivity index (χ0n) is 37.5. The summed E-state index contributed by atoms with van der Waals surface area (Å²) in [5.74, 6) is -2.05. The number of ether oxygens (including phenoxy) is 2. The molecule has 360 valence electrons. The lowest BCUT2D eigenvalue weighted by Gasteiger charge is -2.16. The van der Waals surface area contributed by atoms with Crippen molar-refractivity contribution in [2.75, 3.05) is 53.1 Å². The van der Waals surface area contributed by atoms with Gasteiger partial charge in [0.1, 0.15) is 22.9 Å². The van der Waals surface area contributed by atoms with Crippen LogP contribution in [0.1, 0.15) is 51.3 Å². The number of hydrogen-bond donors (Lipinski definition) is 4. The number of aryl methyl sites for hydroxylation is 3. The van der Waals surface area contributed by atoms with Gasteiger partial charge in [-0.1, -0.05) is 35.3 Å². The first-order valence-corrected chi connectivity index (χ1v) is 23.3. The van der Waals surface area contributed by atoms with Crippen LogP contribution in [0.4, 0.5) is 34.1 Å². The minimum atomic E-state index is -1.63. The molecule has 2 atom stereocenters. The first-order valence-electron chi connectivity index (χ1n) is 20.9. The fraction of sp³-hybridized carbons (Fsp3) is 0.250. The van der Waals surface area contributed by atoms with Crippen LogP contribution in [-0.4, -0.2) is 79.1 Å². The molecule has 69 heavy (non-hydrogen) atoms. The van der Waals surface area contributed by atoms with Gasteiger partial charge in [-0.2, -0.15) is 20.5 Å². The number of Topliss-reactive ketones (excluding diaryl/α,β-unsaturated/α-hetero) is 2. The van der Waals surface area contributed by atoms with E-state index in [1.165, 1.54) is 68.8 Å². The fourth-order valence-electron chi connectivity index (χ4n) is 6.64. The van der Waals surface area contributed by atoms with E-state index < -0.39 is 47.3 Å². The molecule has 0 saturated carbocycles. The number of carbonyl (C=O) groups excluding carboxylic acids is 6. The maximum Gasteiger partial charge on any atom is 0.258 e. The lowest BCUT2D eigenvalue weighted by Crippen LogP contribution is -2.32. The van der Waals surface area contributed by atoms with Crippen LogP contribution in [0.25, 0.3) is 0 Å². The molecule has 2 unspecified atom stereocenters. The Morgan fingerprint density at radius 3 is 1.33 bits per heavy atom. The third-order valence-corrected chi connectivity index (χ3v) is 11.4. The number of azo groups is 2. The molecule has 5 aromatic carbocycles. The molecule has 0 aromatic heterocycles. The molecule has 0 aliphatic heterocycles. The van der Waals surface area contributed by atoms with Crippen molar-refractivity contribution in [3.05, 3.63) is 129 Å². The Hall–Kier alpha value is -6.43. The first-order chi connectivity index (χ1) is 33.1. The molecule has 4 amide bonds. The highest BCUT2D eigenvalue weighted by Gasteiger charge is 2.27. The Labute approximate surface area is 422 Å². The molecule has 5 rings (SSSR count). The highest BCUT2D eigenvalue weighted by molar-refractivity contribution is 6.37. The summed E-state index contributed by atoms with van der Waals surface area (Å²) in [5, 5.41) is 26.8. The van der Waals surface area contributed by atoms with E-state index in [2.05, 4.69) is 41.7 Å². The maximum atomic E-state index is 13.5. The van der Waals surface area contributed by atoms with Crippen molar-refractivity contribution in [2.45, 2.75) is 45.2 Å². The van der Waals surface area contributed by atoms with Crippen molar-refractivity contribution in [1.82, 2.24) is 0 Å². The van der Waals surface area contributed by atoms with Crippen molar-refractivity contribution >= 4 is 127 Å². The van der Waals surface area contributed by atoms with Gasteiger partial charge in [-0.05, 0) is 129 Å². The monoisotopic (exact) mass is 1040 g/mol. The number of halogens is 5. The number of carbonyl (C=O) groups is 6. The molecule has 0 aliphatic rings. The van der Waals surface area contributed by atoms with Crippen LogP contribution in [-0.2, 0) is 38.4 Å². The second-order valence-electron chi connectivity index (χ2n) is 14.9. The fourth-order valence-corrected chi connectivity index (χ4v) is 7.75. The van der Waals surface area contributed by atoms with Crippen LogP contribution in [0.15, 0.2) is 111 Å². The smallest absolute Gasteiger partial charge is 0.258 e. The number of amides is 4. The van der Waals surface area contributed by atoms with Crippen LogP contribution < -0.4 is 30.7 Å². The van der Waals surface area contributed by atoms with E-state index >= 15 is 0 Å². The van der Waals surface area contributed by atoms with Gasteiger partial charge >= 0.3 is 0 Å². The molecule has 16 nitrogen and oxygen atoms in total. The zero-order valence-corrected chi connectivity index (χ0v) is 41.3. The van der Waals surface area contributed by atoms with Gasteiger partial charge in [-0.25, -0.2) is 0 Å². The Morgan fingerprint density at radius 2 is 0.913 bits per heavy atom. The Morgan fingerprint density at radius 1 is 0.522 bits per heavy atom. The molecule has 0 radical (unpaired) electrons. The molecule has 0 heterocycles. The molecule has 0 bridgehead atoms. The normalized spacial score (nSPS) is 12.0. The predicted molar refractivity (Wildman–Crippen MR) is 270 cm³/mol. The third kappa shape index (κ3) is 14.3. The number of benzene rings is 5. The highest BCUT2D eigenvalue weighted by atomic mass is 35.5. The second kappa shape index (κ2) is 25.8. The average Bonchev–Trinajstić information content (AvgIpc) is 3.31. The predicted octanol–water partition coefficient (Wildman–Crippen LogP) is 11.2. The van der Waals surface area contributed by atoms with E-state index in [1.807, 2.05) is 0 Å². The summed E-state index contributed by atoms with van der Waals surface area (Å²) in [7, 11) is 3.07. The van der Waals surface area contributed by atoms with Crippen molar-refractivity contribution in [2.24, 2.45) is 20.5 Å². The van der Waals surface area contributed by atoms with Gasteiger partial charge in [-0.3, -0.25) is 28.8 Å².